The second-order valence-electron chi connectivity index (χ2n) is 1.95. The van der Waals surface area contributed by atoms with Gasteiger partial charge in [0.1, 0.15) is 0 Å². The lowest BCUT2D eigenvalue weighted by Gasteiger charge is -2.07. The van der Waals surface area contributed by atoms with Gasteiger partial charge in [-0.05, 0) is 12.2 Å². The summed E-state index contributed by atoms with van der Waals surface area (Å²) in [5, 5.41) is 17.4. The van der Waals surface area contributed by atoms with Crippen molar-refractivity contribution in [3.63, 3.8) is 0 Å². The molecule has 0 radical (unpaired) electrons. The van der Waals surface area contributed by atoms with E-state index in [-0.39, 0.29) is 0 Å². The first-order valence-electron chi connectivity index (χ1n) is 2.48. The zero-order chi connectivity index (χ0) is 6.04. The van der Waals surface area contributed by atoms with Gasteiger partial charge >= 0.3 is 0 Å². The fraction of sp³-hybridized carbons (Fsp3) is 0.800. The summed E-state index contributed by atoms with van der Waals surface area (Å²) in [5.74, 6) is 1.51. The molecule has 0 amide bonds. The van der Waals surface area contributed by atoms with E-state index in [1.54, 1.807) is 11.8 Å². The molecule has 1 rings (SSSR count). The van der Waals surface area contributed by atoms with Crippen molar-refractivity contribution in [3.05, 3.63) is 0 Å². The minimum Gasteiger partial charge on any atom is -0.374 e. The van der Waals surface area contributed by atoms with Crippen molar-refractivity contribution in [2.75, 3.05) is 11.5 Å². The van der Waals surface area contributed by atoms with E-state index in [9.17, 15) is 0 Å². The molecular weight excluding hydrogens is 122 g/mol. The summed E-state index contributed by atoms with van der Waals surface area (Å²) in [6, 6.07) is 1.88. The molecule has 2 nitrogen and oxygen atoms in total. The van der Waals surface area contributed by atoms with Gasteiger partial charge in [-0.15, -0.1) is 0 Å². The molecule has 0 spiro atoms. The highest BCUT2D eigenvalue weighted by molar-refractivity contribution is 7.99. The zero-order valence-corrected chi connectivity index (χ0v) is 5.24. The quantitative estimate of drug-likeness (QED) is 0.481. The Kier molecular flexibility index (Phi) is 1.45. The van der Waals surface area contributed by atoms with Crippen molar-refractivity contribution in [1.29, 1.82) is 5.26 Å². The first-order chi connectivity index (χ1) is 3.77. The Bertz CT molecular complexity index is 123. The molecule has 1 fully saturated rings. The molecule has 0 unspecified atom stereocenters. The normalized spacial score (nSPS) is 37.0. The van der Waals surface area contributed by atoms with Gasteiger partial charge in [0, 0.05) is 5.75 Å². The molecule has 0 aromatic carbocycles. The number of hydrogen-bond acceptors (Lipinski definition) is 3. The van der Waals surface area contributed by atoms with Gasteiger partial charge in [-0.2, -0.15) is 17.0 Å². The van der Waals surface area contributed by atoms with Crippen LogP contribution in [0.25, 0.3) is 0 Å². The van der Waals surface area contributed by atoms with E-state index in [1.807, 2.05) is 6.07 Å². The molecule has 44 valence electrons. The second kappa shape index (κ2) is 1.96. The van der Waals surface area contributed by atoms with Crippen LogP contribution in [0.1, 0.15) is 6.42 Å². The largest absolute Gasteiger partial charge is 0.374 e. The van der Waals surface area contributed by atoms with Crippen LogP contribution in [-0.2, 0) is 0 Å². The molecule has 0 bridgehead atoms. The summed E-state index contributed by atoms with van der Waals surface area (Å²) in [6.07, 6.45) is 0.633. The van der Waals surface area contributed by atoms with Crippen LogP contribution in [0.5, 0.6) is 0 Å². The van der Waals surface area contributed by atoms with Crippen LogP contribution in [0, 0.1) is 11.3 Å². The van der Waals surface area contributed by atoms with Gasteiger partial charge in [-0.1, -0.05) is 0 Å². The predicted molar refractivity (Wildman–Crippen MR) is 32.5 cm³/mol. The Balaban J connectivity index is 2.56. The van der Waals surface area contributed by atoms with E-state index in [2.05, 4.69) is 0 Å². The minimum absolute atomic E-state index is 0.587. The average molecular weight is 129 g/mol. The summed E-state index contributed by atoms with van der Waals surface area (Å²) in [6.45, 7) is 0. The Hall–Kier alpha value is -0.200. The maximum absolute atomic E-state index is 9.12. The summed E-state index contributed by atoms with van der Waals surface area (Å²) < 4.78 is 0. The van der Waals surface area contributed by atoms with Gasteiger partial charge in [-0.25, -0.2) is 0 Å². The van der Waals surface area contributed by atoms with Crippen molar-refractivity contribution in [2.24, 2.45) is 0 Å². The SMILES string of the molecule is N#C[C@]1(O)CCSC1. The number of thioether (sulfide) groups is 1. The summed E-state index contributed by atoms with van der Waals surface area (Å²) in [7, 11) is 0. The standard InChI is InChI=1S/C5H7NOS/c6-3-5(7)1-2-8-4-5/h7H,1-2,4H2/t5-/m1/s1. The number of nitriles is 1. The molecule has 0 aromatic rings. The highest BCUT2D eigenvalue weighted by Crippen LogP contribution is 2.26. The van der Waals surface area contributed by atoms with Crippen LogP contribution < -0.4 is 0 Å². The van der Waals surface area contributed by atoms with Crippen LogP contribution >= 0.6 is 11.8 Å². The van der Waals surface area contributed by atoms with Crippen LogP contribution in [0.3, 0.4) is 0 Å². The van der Waals surface area contributed by atoms with Crippen LogP contribution in [0.15, 0.2) is 0 Å². The van der Waals surface area contributed by atoms with E-state index >= 15 is 0 Å². The van der Waals surface area contributed by atoms with Gasteiger partial charge in [0.05, 0.1) is 6.07 Å². The Morgan fingerprint density at radius 3 is 2.75 bits per heavy atom. The van der Waals surface area contributed by atoms with Gasteiger partial charge in [-0.3, -0.25) is 0 Å². The highest BCUT2D eigenvalue weighted by atomic mass is 32.2. The molecule has 3 heteroatoms. The molecule has 0 aliphatic carbocycles. The minimum atomic E-state index is -0.995. The van der Waals surface area contributed by atoms with Crippen molar-refractivity contribution < 1.29 is 5.11 Å². The number of rotatable bonds is 0. The fourth-order valence-electron chi connectivity index (χ4n) is 0.642. The second-order valence-corrected chi connectivity index (χ2v) is 3.05. The fourth-order valence-corrected chi connectivity index (χ4v) is 1.82. The Morgan fingerprint density at radius 2 is 2.50 bits per heavy atom. The Labute approximate surface area is 52.5 Å². The molecule has 8 heavy (non-hydrogen) atoms. The van der Waals surface area contributed by atoms with Crippen LogP contribution in [-0.4, -0.2) is 22.2 Å². The lowest BCUT2D eigenvalue weighted by atomic mass is 10.1. The lowest BCUT2D eigenvalue weighted by molar-refractivity contribution is 0.128. The molecule has 0 aromatic heterocycles. The van der Waals surface area contributed by atoms with Gasteiger partial charge < -0.3 is 5.11 Å². The van der Waals surface area contributed by atoms with E-state index in [4.69, 9.17) is 10.4 Å². The van der Waals surface area contributed by atoms with Gasteiger partial charge in [0.25, 0.3) is 0 Å². The maximum atomic E-state index is 9.12. The van der Waals surface area contributed by atoms with Crippen molar-refractivity contribution in [3.8, 4) is 6.07 Å². The molecule has 1 heterocycles. The number of hydrogen-bond donors (Lipinski definition) is 1. The van der Waals surface area contributed by atoms with Crippen molar-refractivity contribution >= 4 is 11.8 Å². The zero-order valence-electron chi connectivity index (χ0n) is 4.42. The highest BCUT2D eigenvalue weighted by Gasteiger charge is 2.30. The number of nitrogens with zero attached hydrogens (tertiary/aromatic N) is 1. The smallest absolute Gasteiger partial charge is 0.160 e. The predicted octanol–water partition coefficient (Wildman–Crippen LogP) is 0.378. The first kappa shape index (κ1) is 5.93. The molecule has 1 atom stereocenters. The van der Waals surface area contributed by atoms with Crippen molar-refractivity contribution in [1.82, 2.24) is 0 Å². The average Bonchev–Trinajstić information content (AvgIpc) is 2.17. The van der Waals surface area contributed by atoms with Gasteiger partial charge in [0.15, 0.2) is 5.60 Å². The van der Waals surface area contributed by atoms with Crippen molar-refractivity contribution in [2.45, 2.75) is 12.0 Å². The molecular formula is C5H7NOS. The number of aliphatic hydroxyl groups is 1. The molecule has 1 N–H and O–H groups in total. The third-order valence-electron chi connectivity index (χ3n) is 1.21. The Morgan fingerprint density at radius 1 is 1.75 bits per heavy atom. The summed E-state index contributed by atoms with van der Waals surface area (Å²) >= 11 is 1.63. The van der Waals surface area contributed by atoms with E-state index in [1.165, 1.54) is 0 Å². The maximum Gasteiger partial charge on any atom is 0.160 e. The third kappa shape index (κ3) is 0.960. The molecule has 1 saturated heterocycles. The monoisotopic (exact) mass is 129 g/mol. The van der Waals surface area contributed by atoms with Gasteiger partial charge in [0.2, 0.25) is 0 Å². The van der Waals surface area contributed by atoms with E-state index in [0.717, 1.165) is 5.75 Å². The topological polar surface area (TPSA) is 44.0 Å². The lowest BCUT2D eigenvalue weighted by Crippen LogP contribution is -2.24. The summed E-state index contributed by atoms with van der Waals surface area (Å²) in [5.41, 5.74) is -0.995. The van der Waals surface area contributed by atoms with Crippen LogP contribution in [0.4, 0.5) is 0 Å². The summed E-state index contributed by atoms with van der Waals surface area (Å²) in [4.78, 5) is 0. The first-order valence-corrected chi connectivity index (χ1v) is 3.64. The van der Waals surface area contributed by atoms with Crippen LogP contribution in [0.2, 0.25) is 0 Å². The molecule has 1 aliphatic rings. The third-order valence-corrected chi connectivity index (χ3v) is 2.38. The van der Waals surface area contributed by atoms with E-state index < -0.39 is 5.60 Å². The molecule has 0 saturated carbocycles. The van der Waals surface area contributed by atoms with E-state index in [0.29, 0.717) is 12.2 Å². The molecule has 1 aliphatic heterocycles.